The van der Waals surface area contributed by atoms with Gasteiger partial charge in [0.2, 0.25) is 0 Å². The predicted octanol–water partition coefficient (Wildman–Crippen LogP) is 17.9. The third kappa shape index (κ3) is 40.0. The first-order valence-electron chi connectivity index (χ1n) is 32.3. The number of para-hydroxylation sites is 3. The summed E-state index contributed by atoms with van der Waals surface area (Å²) in [6, 6.07) is 64.5. The molecule has 14 nitrogen and oxygen atoms in total. The number of methoxy groups -OCH3 is 2. The summed E-state index contributed by atoms with van der Waals surface area (Å²) in [6.45, 7) is 27.5. The van der Waals surface area contributed by atoms with Crippen LogP contribution in [0.25, 0.3) is 0 Å². The summed E-state index contributed by atoms with van der Waals surface area (Å²) in [5.41, 5.74) is 4.18. The van der Waals surface area contributed by atoms with E-state index in [1.807, 2.05) is 197 Å². The first-order chi connectivity index (χ1) is 44.3. The average Bonchev–Trinajstić information content (AvgIpc) is 1.80. The molecule has 5 fully saturated rings. The van der Waals surface area contributed by atoms with E-state index in [4.69, 9.17) is 50.1 Å². The van der Waals surface area contributed by atoms with Gasteiger partial charge in [-0.2, -0.15) is 0 Å². The average molecular weight is 1250 g/mol. The molecule has 12 rings (SSSR count). The maximum absolute atomic E-state index is 11.7. The maximum Gasteiger partial charge on any atom is 0.414 e. The van der Waals surface area contributed by atoms with E-state index in [1.54, 1.807) is 48.3 Å². The fourth-order valence-electron chi connectivity index (χ4n) is 6.94. The molecule has 5 atom stereocenters. The van der Waals surface area contributed by atoms with Gasteiger partial charge in [-0.15, -0.1) is 0 Å². The largest absolute Gasteiger partial charge is 0.491 e. The Balaban J connectivity index is 0.000000530. The Hall–Kier alpha value is -7.72. The van der Waals surface area contributed by atoms with Crippen molar-refractivity contribution < 1.29 is 59.7 Å². The molecule has 0 radical (unpaired) electrons. The smallest absolute Gasteiger partial charge is 0.414 e. The number of aryl methyl sites for hydroxylation is 2. The van der Waals surface area contributed by atoms with E-state index < -0.39 is 0 Å². The monoisotopic (exact) mass is 1240 g/mol. The number of hydrogen-bond acceptors (Lipinski definition) is 12. The number of cyclic esters (lactones) is 2. The van der Waals surface area contributed by atoms with E-state index in [0.717, 1.165) is 54.9 Å². The van der Waals surface area contributed by atoms with E-state index >= 15 is 0 Å². The highest BCUT2D eigenvalue weighted by molar-refractivity contribution is 5.90. The lowest BCUT2D eigenvalue weighted by atomic mass is 10.1. The van der Waals surface area contributed by atoms with Crippen molar-refractivity contribution in [3.63, 3.8) is 0 Å². The Morgan fingerprint density at radius 3 is 0.922 bits per heavy atom. The number of amides is 2. The number of carbonyl (C=O) groups excluding carboxylic acids is 2. The van der Waals surface area contributed by atoms with Crippen LogP contribution in [0, 0.1) is 6.92 Å². The Morgan fingerprint density at radius 1 is 0.411 bits per heavy atom. The van der Waals surface area contributed by atoms with Gasteiger partial charge in [-0.25, -0.2) is 9.59 Å². The molecule has 5 saturated heterocycles. The van der Waals surface area contributed by atoms with E-state index in [-0.39, 0.29) is 31.8 Å². The first-order valence-corrected chi connectivity index (χ1v) is 31.3. The molecular weight excluding hydrogens is 1130 g/mol. The Bertz CT molecular complexity index is 2640. The molecule has 0 bridgehead atoms. The Labute approximate surface area is 544 Å². The normalized spacial score (nSPS) is 17.1. The highest BCUT2D eigenvalue weighted by atomic mass is 16.6. The van der Waals surface area contributed by atoms with Crippen LogP contribution in [0.2, 0.25) is 0 Å². The van der Waals surface area contributed by atoms with Crippen molar-refractivity contribution in [3.05, 3.63) is 223 Å². The number of ether oxygens (including phenoxy) is 10. The molecule has 0 aliphatic carbocycles. The molecule has 494 valence electrons. The minimum absolute atomic E-state index is 0. The van der Waals surface area contributed by atoms with Crippen LogP contribution in [0.1, 0.15) is 103 Å². The zero-order valence-electron chi connectivity index (χ0n) is 57.1. The summed E-state index contributed by atoms with van der Waals surface area (Å²) in [5, 5.41) is 0. The van der Waals surface area contributed by atoms with Crippen LogP contribution in [0.3, 0.4) is 0 Å². The summed E-state index contributed by atoms with van der Waals surface area (Å²) in [6.07, 6.45) is 4.84. The van der Waals surface area contributed by atoms with E-state index in [2.05, 4.69) is 48.5 Å². The summed E-state index contributed by atoms with van der Waals surface area (Å²) in [5.74, 6) is 2.76. The zero-order valence-corrected chi connectivity index (χ0v) is 55.1. The van der Waals surface area contributed by atoms with E-state index in [9.17, 15) is 9.59 Å². The molecule has 7 aromatic carbocycles. The molecule has 2 amide bonds. The lowest BCUT2D eigenvalue weighted by Gasteiger charge is -2.13. The predicted molar refractivity (Wildman–Crippen MR) is 370 cm³/mol. The molecule has 0 aromatic heterocycles. The van der Waals surface area contributed by atoms with Gasteiger partial charge in [-0.05, 0) is 79.6 Å². The zero-order chi connectivity index (χ0) is 66.7. The minimum Gasteiger partial charge on any atom is -0.491 e. The van der Waals surface area contributed by atoms with Crippen LogP contribution >= 0.6 is 0 Å². The van der Waals surface area contributed by atoms with Gasteiger partial charge in [-0.1, -0.05) is 246 Å². The lowest BCUT2D eigenvalue weighted by Crippen LogP contribution is -2.25. The van der Waals surface area contributed by atoms with Gasteiger partial charge in [0.1, 0.15) is 67.6 Å². The molecule has 14 heteroatoms. The van der Waals surface area contributed by atoms with Crippen LogP contribution in [-0.4, -0.2) is 123 Å². The number of hydrogen-bond donors (Lipinski definition) is 0. The van der Waals surface area contributed by atoms with Gasteiger partial charge < -0.3 is 47.4 Å². The molecular formula is C76H108N2O12. The molecule has 5 unspecified atom stereocenters. The molecule has 0 saturated carbocycles. The first kappa shape index (κ1) is 76.5. The van der Waals surface area contributed by atoms with Crippen LogP contribution in [0.15, 0.2) is 212 Å². The van der Waals surface area contributed by atoms with Gasteiger partial charge in [0.25, 0.3) is 0 Å². The van der Waals surface area contributed by atoms with E-state index in [0.29, 0.717) is 76.5 Å². The fraction of sp³-hybridized carbons (Fsp3) is 0.421. The SMILES string of the molecule is C.CC.CCC.CCC.CCC.CCc1ccc(N2CC(COC)OC2=O)cc1.COCC1CN(c2ccc(C)cc2)C(=O)O1.[3H]c1ccccc1.[3H]c1ccccc1.c1ccc(OCC2CO2)cc1.c1ccc(OCC2CO2)cc1.c1ccc(OCC2CO2)cc1. The van der Waals surface area contributed by atoms with Crippen molar-refractivity contribution in [2.45, 2.75) is 133 Å². The summed E-state index contributed by atoms with van der Waals surface area (Å²) < 4.78 is 65.5. The summed E-state index contributed by atoms with van der Waals surface area (Å²) in [4.78, 5) is 26.5. The highest BCUT2D eigenvalue weighted by Gasteiger charge is 2.33. The van der Waals surface area contributed by atoms with Crippen molar-refractivity contribution in [2.75, 3.05) is 90.0 Å². The molecule has 5 heterocycles. The second-order valence-electron chi connectivity index (χ2n) is 20.0. The molecule has 7 aromatic rings. The number of carbonyl (C=O) groups is 2. The maximum atomic E-state index is 11.7. The second-order valence-corrected chi connectivity index (χ2v) is 20.0. The molecule has 5 aliphatic heterocycles. The van der Waals surface area contributed by atoms with Gasteiger partial charge in [0.15, 0.2) is 0 Å². The Kier molecular flexibility index (Phi) is 45.2. The number of rotatable bonds is 16. The van der Waals surface area contributed by atoms with Crippen molar-refractivity contribution >= 4 is 23.6 Å². The number of nitrogens with zero attached hydrogens (tertiary/aromatic N) is 2. The van der Waals surface area contributed by atoms with Crippen LogP contribution < -0.4 is 24.0 Å². The van der Waals surface area contributed by atoms with Gasteiger partial charge in [-0.3, -0.25) is 9.80 Å². The quantitative estimate of drug-likeness (QED) is 0.0850. The van der Waals surface area contributed by atoms with Gasteiger partial charge in [0, 0.05) is 25.6 Å². The van der Waals surface area contributed by atoms with Crippen molar-refractivity contribution in [1.82, 2.24) is 0 Å². The molecule has 90 heavy (non-hydrogen) atoms. The minimum atomic E-state index is -0.300. The number of epoxide rings is 3. The van der Waals surface area contributed by atoms with Crippen LogP contribution in [-0.2, 0) is 39.6 Å². The summed E-state index contributed by atoms with van der Waals surface area (Å²) >= 11 is 0. The lowest BCUT2D eigenvalue weighted by molar-refractivity contribution is 0.0715. The number of anilines is 2. The van der Waals surface area contributed by atoms with Gasteiger partial charge >= 0.3 is 12.2 Å². The Morgan fingerprint density at radius 2 is 0.678 bits per heavy atom. The van der Waals surface area contributed by atoms with Crippen LogP contribution in [0.4, 0.5) is 21.0 Å². The van der Waals surface area contributed by atoms with Gasteiger partial charge in [0.05, 0.1) is 48.9 Å². The summed E-state index contributed by atoms with van der Waals surface area (Å²) in [7, 11) is 3.20. The topological polar surface area (TPSA) is 143 Å². The molecule has 0 spiro atoms. The second kappa shape index (κ2) is 53.1. The third-order valence-electron chi connectivity index (χ3n) is 11.4. The van der Waals surface area contributed by atoms with Crippen LogP contribution in [0.5, 0.6) is 17.2 Å². The van der Waals surface area contributed by atoms with Crippen molar-refractivity contribution in [2.24, 2.45) is 0 Å². The molecule has 5 aliphatic rings. The third-order valence-corrected chi connectivity index (χ3v) is 11.4. The highest BCUT2D eigenvalue weighted by Crippen LogP contribution is 2.24. The van der Waals surface area contributed by atoms with Crippen molar-refractivity contribution in [1.29, 1.82) is 0 Å². The standard InChI is InChI=1S/C13H17NO3.C12H15NO3.3C9H10O2.2C6H6.3C3H8.C2H6.CH4/c1-3-10-4-6-11(7-5-10)14-8-12(9-16-2)17-13(14)15;1-9-3-5-10(6-4-9)13-7-11(8-15-2)16-12(13)14;3*1-2-4-8(5-3-1)10-6-9-7-11-9;2*1-2-4-6-5-3-1;3*1-3-2;1-2;/h4-7,12H,3,8-9H2,1-2H3;3-6,11H,7-8H2,1-2H3;3*1-5,9H,6-7H2;2*1-6H;3*3H2,1-2H3;1-2H3;1H4/i;;;;;2*1T;;;;;. The number of benzene rings is 7. The fourth-order valence-corrected chi connectivity index (χ4v) is 6.94. The van der Waals surface area contributed by atoms with Crippen molar-refractivity contribution in [3.8, 4) is 17.2 Å². The molecule has 0 N–H and O–H groups in total. The van der Waals surface area contributed by atoms with E-state index in [1.165, 1.54) is 30.4 Å².